The van der Waals surface area contributed by atoms with Crippen molar-refractivity contribution in [2.24, 2.45) is 5.84 Å². The normalized spacial score (nSPS) is 10.4. The van der Waals surface area contributed by atoms with E-state index in [0.717, 1.165) is 10.2 Å². The molecule has 0 amide bonds. The lowest BCUT2D eigenvalue weighted by molar-refractivity contribution is 0.332. The van der Waals surface area contributed by atoms with Crippen LogP contribution >= 0.6 is 11.3 Å². The summed E-state index contributed by atoms with van der Waals surface area (Å²) in [6.45, 7) is 2.49. The van der Waals surface area contributed by atoms with Gasteiger partial charge in [0.1, 0.15) is 4.70 Å². The molecule has 0 atom stereocenters. The highest BCUT2D eigenvalue weighted by Gasteiger charge is 2.08. The molecule has 74 valence electrons. The first-order valence-corrected chi connectivity index (χ1v) is 5.07. The minimum atomic E-state index is 0.374. The molecule has 0 radical (unpaired) electrons. The molecule has 0 saturated heterocycles. The Balaban J connectivity index is 2.58. The summed E-state index contributed by atoms with van der Waals surface area (Å²) < 4.78 is 6.33. The maximum Gasteiger partial charge on any atom is 0.241 e. The van der Waals surface area contributed by atoms with E-state index in [1.807, 2.05) is 18.4 Å². The van der Waals surface area contributed by atoms with E-state index in [0.29, 0.717) is 18.4 Å². The molecule has 3 N–H and O–H groups in total. The molecule has 2 aromatic rings. The molecular formula is C8H10N4OS. The van der Waals surface area contributed by atoms with Gasteiger partial charge in [0.05, 0.1) is 12.1 Å². The van der Waals surface area contributed by atoms with E-state index in [4.69, 9.17) is 10.6 Å². The average molecular weight is 210 g/mol. The molecule has 0 aliphatic rings. The van der Waals surface area contributed by atoms with Gasteiger partial charge in [-0.1, -0.05) is 0 Å². The number of nitrogens with zero attached hydrogens (tertiary/aromatic N) is 2. The van der Waals surface area contributed by atoms with E-state index in [1.165, 1.54) is 0 Å². The Morgan fingerprint density at radius 2 is 2.43 bits per heavy atom. The lowest BCUT2D eigenvalue weighted by Gasteiger charge is -2.04. The highest BCUT2D eigenvalue weighted by atomic mass is 32.1. The number of nitrogens with one attached hydrogen (secondary N) is 1. The average Bonchev–Trinajstić information content (AvgIpc) is 2.66. The predicted octanol–water partition coefficient (Wildman–Crippen LogP) is 1.38. The van der Waals surface area contributed by atoms with Crippen LogP contribution in [0.2, 0.25) is 0 Å². The molecule has 0 aromatic carbocycles. The maximum atomic E-state index is 5.38. The second-order valence-corrected chi connectivity index (χ2v) is 3.48. The Kier molecular flexibility index (Phi) is 2.47. The summed E-state index contributed by atoms with van der Waals surface area (Å²) in [5.41, 5.74) is 3.26. The van der Waals surface area contributed by atoms with Gasteiger partial charge in [-0.05, 0) is 18.4 Å². The van der Waals surface area contributed by atoms with E-state index >= 15 is 0 Å². The van der Waals surface area contributed by atoms with Gasteiger partial charge in [-0.25, -0.2) is 10.8 Å². The first-order valence-electron chi connectivity index (χ1n) is 4.19. The Morgan fingerprint density at radius 1 is 1.57 bits per heavy atom. The first-order chi connectivity index (χ1) is 6.85. The molecule has 0 bridgehead atoms. The van der Waals surface area contributed by atoms with Crippen molar-refractivity contribution < 1.29 is 4.74 Å². The fourth-order valence-electron chi connectivity index (χ4n) is 1.14. The summed E-state index contributed by atoms with van der Waals surface area (Å²) in [4.78, 5) is 8.30. The molecule has 6 heteroatoms. The Labute approximate surface area is 84.9 Å². The summed E-state index contributed by atoms with van der Waals surface area (Å²) in [7, 11) is 0. The Morgan fingerprint density at radius 3 is 3.14 bits per heavy atom. The number of ether oxygens (including phenoxy) is 1. The maximum absolute atomic E-state index is 5.38. The van der Waals surface area contributed by atoms with Crippen molar-refractivity contribution in [2.75, 3.05) is 12.0 Å². The number of hydrazine groups is 1. The van der Waals surface area contributed by atoms with Crippen LogP contribution in [-0.4, -0.2) is 16.6 Å². The third kappa shape index (κ3) is 1.49. The van der Waals surface area contributed by atoms with E-state index < -0.39 is 0 Å². The summed E-state index contributed by atoms with van der Waals surface area (Å²) in [6.07, 6.45) is 0. The molecule has 0 saturated carbocycles. The van der Waals surface area contributed by atoms with Crippen LogP contribution in [0, 0.1) is 0 Å². The summed E-state index contributed by atoms with van der Waals surface area (Å²) >= 11 is 1.55. The lowest BCUT2D eigenvalue weighted by Crippen LogP contribution is -2.11. The fraction of sp³-hybridized carbons (Fsp3) is 0.250. The van der Waals surface area contributed by atoms with Crippen molar-refractivity contribution in [1.82, 2.24) is 9.97 Å². The van der Waals surface area contributed by atoms with Gasteiger partial charge in [0.15, 0.2) is 0 Å². The van der Waals surface area contributed by atoms with Crippen molar-refractivity contribution in [2.45, 2.75) is 6.92 Å². The van der Waals surface area contributed by atoms with Gasteiger partial charge < -0.3 is 4.74 Å². The van der Waals surface area contributed by atoms with Gasteiger partial charge in [-0.15, -0.1) is 11.3 Å². The van der Waals surface area contributed by atoms with Crippen molar-refractivity contribution in [3.05, 3.63) is 11.4 Å². The standard InChI is InChI=1S/C8H10N4OS/c1-2-13-7-6-5(3-4-14-6)10-8(11-7)12-9/h3-4H,2,9H2,1H3,(H,10,11,12). The van der Waals surface area contributed by atoms with Crippen molar-refractivity contribution in [1.29, 1.82) is 0 Å². The molecular weight excluding hydrogens is 200 g/mol. The summed E-state index contributed by atoms with van der Waals surface area (Å²) in [6, 6.07) is 1.91. The van der Waals surface area contributed by atoms with Gasteiger partial charge in [0.25, 0.3) is 0 Å². The van der Waals surface area contributed by atoms with E-state index in [-0.39, 0.29) is 0 Å². The second kappa shape index (κ2) is 3.77. The Bertz CT molecular complexity index is 442. The van der Waals surface area contributed by atoms with E-state index in [9.17, 15) is 0 Å². The third-order valence-electron chi connectivity index (χ3n) is 1.68. The molecule has 2 aromatic heterocycles. The van der Waals surface area contributed by atoms with Crippen molar-refractivity contribution in [3.63, 3.8) is 0 Å². The zero-order chi connectivity index (χ0) is 9.97. The number of aromatic nitrogens is 2. The van der Waals surface area contributed by atoms with Gasteiger partial charge in [0.2, 0.25) is 11.8 Å². The van der Waals surface area contributed by atoms with Crippen molar-refractivity contribution in [3.8, 4) is 5.88 Å². The molecule has 0 unspecified atom stereocenters. The topological polar surface area (TPSA) is 73.1 Å². The zero-order valence-corrected chi connectivity index (χ0v) is 8.47. The molecule has 14 heavy (non-hydrogen) atoms. The molecule has 5 nitrogen and oxygen atoms in total. The molecule has 0 aliphatic heterocycles. The second-order valence-electron chi connectivity index (χ2n) is 2.56. The molecule has 0 fully saturated rings. The van der Waals surface area contributed by atoms with Crippen LogP contribution in [0.3, 0.4) is 0 Å². The molecule has 0 spiro atoms. The van der Waals surface area contributed by atoms with E-state index in [2.05, 4.69) is 15.4 Å². The number of hydrogen-bond donors (Lipinski definition) is 2. The fourth-order valence-corrected chi connectivity index (χ4v) is 1.91. The van der Waals surface area contributed by atoms with Gasteiger partial charge in [-0.2, -0.15) is 4.98 Å². The van der Waals surface area contributed by atoms with Crippen LogP contribution in [-0.2, 0) is 0 Å². The number of fused-ring (bicyclic) bond motifs is 1. The minimum absolute atomic E-state index is 0.374. The SMILES string of the molecule is CCOc1nc(NN)nc2ccsc12. The van der Waals surface area contributed by atoms with E-state index in [1.54, 1.807) is 11.3 Å². The first kappa shape index (κ1) is 9.17. The minimum Gasteiger partial charge on any atom is -0.477 e. The lowest BCUT2D eigenvalue weighted by atomic mass is 10.4. The number of nitrogen functional groups attached to an aromatic ring is 1. The molecule has 2 heterocycles. The van der Waals surface area contributed by atoms with Gasteiger partial charge >= 0.3 is 0 Å². The number of thiophene rings is 1. The Hall–Kier alpha value is -1.40. The van der Waals surface area contributed by atoms with Crippen LogP contribution in [0.25, 0.3) is 10.2 Å². The van der Waals surface area contributed by atoms with Crippen molar-refractivity contribution >= 4 is 27.5 Å². The number of hydrogen-bond acceptors (Lipinski definition) is 6. The quantitative estimate of drug-likeness (QED) is 0.591. The van der Waals surface area contributed by atoms with Crippen LogP contribution in [0.15, 0.2) is 11.4 Å². The zero-order valence-electron chi connectivity index (χ0n) is 7.65. The van der Waals surface area contributed by atoms with Crippen LogP contribution in [0.5, 0.6) is 5.88 Å². The van der Waals surface area contributed by atoms with Crippen LogP contribution in [0.1, 0.15) is 6.92 Å². The number of rotatable bonds is 3. The van der Waals surface area contributed by atoms with Gasteiger partial charge in [0, 0.05) is 0 Å². The largest absolute Gasteiger partial charge is 0.477 e. The highest BCUT2D eigenvalue weighted by molar-refractivity contribution is 7.17. The smallest absolute Gasteiger partial charge is 0.241 e. The third-order valence-corrected chi connectivity index (χ3v) is 2.57. The number of anilines is 1. The summed E-state index contributed by atoms with van der Waals surface area (Å²) in [5.74, 6) is 6.21. The predicted molar refractivity (Wildman–Crippen MR) is 56.4 cm³/mol. The van der Waals surface area contributed by atoms with Gasteiger partial charge in [-0.3, -0.25) is 5.43 Å². The number of nitrogens with two attached hydrogens (primary N) is 1. The highest BCUT2D eigenvalue weighted by Crippen LogP contribution is 2.28. The van der Waals surface area contributed by atoms with Crippen LogP contribution < -0.4 is 16.0 Å². The molecule has 2 rings (SSSR count). The summed E-state index contributed by atoms with van der Waals surface area (Å²) in [5, 5.41) is 1.95. The monoisotopic (exact) mass is 210 g/mol. The molecule has 0 aliphatic carbocycles. The van der Waals surface area contributed by atoms with Crippen LogP contribution in [0.4, 0.5) is 5.95 Å².